The zero-order valence-electron chi connectivity index (χ0n) is 21.4. The van der Waals surface area contributed by atoms with Crippen molar-refractivity contribution in [3.8, 4) is 0 Å². The van der Waals surface area contributed by atoms with Crippen molar-refractivity contribution in [2.24, 2.45) is 0 Å². The Bertz CT molecular complexity index is 1940. The first-order valence-corrected chi connectivity index (χ1v) is 14.7. The number of benzene rings is 4. The van der Waals surface area contributed by atoms with E-state index < -0.39 is 23.5 Å². The molecule has 1 amide bonds. The van der Waals surface area contributed by atoms with Crippen LogP contribution in [0.15, 0.2) is 123 Å². The number of thioether (sulfide) groups is 1. The number of carbonyl (C=O) groups excluding carboxylic acids is 2. The summed E-state index contributed by atoms with van der Waals surface area (Å²) in [4.78, 5) is 28.6. The average Bonchev–Trinajstić information content (AvgIpc) is 3.72. The van der Waals surface area contributed by atoms with Gasteiger partial charge in [0.1, 0.15) is 5.58 Å². The van der Waals surface area contributed by atoms with Crippen LogP contribution in [0.25, 0.3) is 21.7 Å². The lowest BCUT2D eigenvalue weighted by Crippen LogP contribution is -2.31. The molecule has 0 spiro atoms. The Balaban J connectivity index is 1.22. The van der Waals surface area contributed by atoms with Crippen molar-refractivity contribution in [2.75, 3.05) is 4.90 Å². The van der Waals surface area contributed by atoms with Crippen molar-refractivity contribution >= 4 is 61.7 Å². The Labute approximate surface area is 242 Å². The fourth-order valence-electron chi connectivity index (χ4n) is 5.13. The molecule has 41 heavy (non-hydrogen) atoms. The fourth-order valence-corrected chi connectivity index (χ4v) is 7.00. The number of aliphatic hydroxyl groups excluding tert-OH is 1. The molecule has 0 saturated carbocycles. The van der Waals surface area contributed by atoms with E-state index in [4.69, 9.17) is 4.42 Å². The van der Waals surface area contributed by atoms with E-state index in [9.17, 15) is 14.7 Å². The Hall–Kier alpha value is -4.73. The van der Waals surface area contributed by atoms with E-state index in [2.05, 4.69) is 34.5 Å². The molecule has 7 nitrogen and oxygen atoms in total. The summed E-state index contributed by atoms with van der Waals surface area (Å²) in [6, 6.07) is 31.5. The Morgan fingerprint density at radius 2 is 1.63 bits per heavy atom. The van der Waals surface area contributed by atoms with E-state index in [1.54, 1.807) is 12.1 Å². The first-order valence-electron chi connectivity index (χ1n) is 12.9. The summed E-state index contributed by atoms with van der Waals surface area (Å²) in [7, 11) is 0. The number of rotatable bonds is 7. The highest BCUT2D eigenvalue weighted by Gasteiger charge is 2.46. The van der Waals surface area contributed by atoms with E-state index in [0.29, 0.717) is 26.4 Å². The number of anilines is 1. The molecule has 1 unspecified atom stereocenters. The number of ketones is 1. The molecule has 1 N–H and O–H groups in total. The summed E-state index contributed by atoms with van der Waals surface area (Å²) < 4.78 is 6.48. The highest BCUT2D eigenvalue weighted by molar-refractivity contribution is 8.00. The molecule has 0 fully saturated rings. The van der Waals surface area contributed by atoms with Crippen LogP contribution in [0.3, 0.4) is 0 Å². The van der Waals surface area contributed by atoms with Gasteiger partial charge < -0.3 is 9.52 Å². The minimum atomic E-state index is -0.895. The summed E-state index contributed by atoms with van der Waals surface area (Å²) >= 11 is 2.77. The van der Waals surface area contributed by atoms with Gasteiger partial charge in [0.25, 0.3) is 5.91 Å². The first-order chi connectivity index (χ1) is 20.1. The number of fused-ring (bicyclic) bond motifs is 2. The van der Waals surface area contributed by atoms with Gasteiger partial charge in [-0.3, -0.25) is 14.5 Å². The second-order valence-corrected chi connectivity index (χ2v) is 11.7. The monoisotopic (exact) mass is 575 g/mol. The molecule has 7 rings (SSSR count). The van der Waals surface area contributed by atoms with Gasteiger partial charge in [-0.05, 0) is 34.0 Å². The van der Waals surface area contributed by atoms with E-state index in [-0.39, 0.29) is 11.3 Å². The van der Waals surface area contributed by atoms with Crippen LogP contribution in [0.4, 0.5) is 5.13 Å². The SMILES string of the molecule is O=C(C1=C(O)C(=O)N(c2nnc(SCc3cccc4ccccc34)s2)C1c1ccccc1)c1cc2ccccc2o1. The van der Waals surface area contributed by atoms with Gasteiger partial charge in [-0.1, -0.05) is 114 Å². The lowest BCUT2D eigenvalue weighted by Gasteiger charge is -2.23. The molecule has 1 aliphatic rings. The van der Waals surface area contributed by atoms with Gasteiger partial charge in [-0.25, -0.2) is 0 Å². The number of amides is 1. The summed E-state index contributed by atoms with van der Waals surface area (Å²) in [5.74, 6) is -1.17. The molecule has 4 aromatic carbocycles. The van der Waals surface area contributed by atoms with Crippen LogP contribution in [-0.4, -0.2) is 27.0 Å². The number of hydrogen-bond acceptors (Lipinski definition) is 8. The quantitative estimate of drug-likeness (QED) is 0.120. The van der Waals surface area contributed by atoms with Crippen molar-refractivity contribution < 1.29 is 19.1 Å². The minimum absolute atomic E-state index is 0.0481. The molecule has 3 heterocycles. The smallest absolute Gasteiger partial charge is 0.296 e. The summed E-state index contributed by atoms with van der Waals surface area (Å²) in [6.07, 6.45) is 0. The van der Waals surface area contributed by atoms with Gasteiger partial charge in [0.05, 0.1) is 11.6 Å². The molecule has 0 radical (unpaired) electrons. The summed E-state index contributed by atoms with van der Waals surface area (Å²) in [5, 5.41) is 23.1. The van der Waals surface area contributed by atoms with Crippen molar-refractivity contribution in [3.05, 3.63) is 131 Å². The number of aliphatic hydroxyl groups is 1. The van der Waals surface area contributed by atoms with Crippen molar-refractivity contribution in [2.45, 2.75) is 16.1 Å². The topological polar surface area (TPSA) is 96.5 Å². The maximum atomic E-state index is 13.8. The predicted octanol–water partition coefficient (Wildman–Crippen LogP) is 7.51. The minimum Gasteiger partial charge on any atom is -0.503 e. The normalized spacial score (nSPS) is 15.4. The lowest BCUT2D eigenvalue weighted by molar-refractivity contribution is -0.117. The molecule has 0 aliphatic carbocycles. The molecule has 1 aliphatic heterocycles. The van der Waals surface area contributed by atoms with Gasteiger partial charge in [-0.15, -0.1) is 10.2 Å². The van der Waals surface area contributed by atoms with Crippen molar-refractivity contribution in [1.29, 1.82) is 0 Å². The zero-order valence-corrected chi connectivity index (χ0v) is 23.1. The molecular formula is C32H21N3O4S2. The first kappa shape index (κ1) is 25.3. The molecular weight excluding hydrogens is 555 g/mol. The van der Waals surface area contributed by atoms with Gasteiger partial charge in [0, 0.05) is 11.1 Å². The Kier molecular flexibility index (Phi) is 6.37. The molecule has 6 aromatic rings. The number of nitrogens with zero attached hydrogens (tertiary/aromatic N) is 3. The van der Waals surface area contributed by atoms with Crippen LogP contribution in [0.1, 0.15) is 27.7 Å². The number of hydrogen-bond donors (Lipinski definition) is 1. The van der Waals surface area contributed by atoms with Gasteiger partial charge in [0.15, 0.2) is 15.9 Å². The highest BCUT2D eigenvalue weighted by Crippen LogP contribution is 2.44. The average molecular weight is 576 g/mol. The molecule has 0 bridgehead atoms. The lowest BCUT2D eigenvalue weighted by atomic mass is 9.95. The second kappa shape index (κ2) is 10.3. The number of aromatic nitrogens is 2. The maximum Gasteiger partial charge on any atom is 0.296 e. The molecule has 1 atom stereocenters. The zero-order chi connectivity index (χ0) is 27.9. The third-order valence-electron chi connectivity index (χ3n) is 7.05. The fraction of sp³-hybridized carbons (Fsp3) is 0.0625. The van der Waals surface area contributed by atoms with E-state index in [0.717, 1.165) is 5.39 Å². The second-order valence-electron chi connectivity index (χ2n) is 9.51. The molecule has 2 aromatic heterocycles. The van der Waals surface area contributed by atoms with Crippen LogP contribution >= 0.6 is 23.1 Å². The van der Waals surface area contributed by atoms with Crippen LogP contribution in [0.2, 0.25) is 0 Å². The number of furan rings is 1. The molecule has 0 saturated heterocycles. The van der Waals surface area contributed by atoms with Crippen LogP contribution in [0.5, 0.6) is 0 Å². The van der Waals surface area contributed by atoms with E-state index in [1.165, 1.54) is 44.3 Å². The van der Waals surface area contributed by atoms with Crippen LogP contribution in [-0.2, 0) is 10.5 Å². The van der Waals surface area contributed by atoms with E-state index >= 15 is 0 Å². The van der Waals surface area contributed by atoms with Crippen molar-refractivity contribution in [1.82, 2.24) is 10.2 Å². The third kappa shape index (κ3) is 4.49. The van der Waals surface area contributed by atoms with E-state index in [1.807, 2.05) is 66.7 Å². The third-order valence-corrected chi connectivity index (χ3v) is 9.16. The predicted molar refractivity (Wildman–Crippen MR) is 160 cm³/mol. The summed E-state index contributed by atoms with van der Waals surface area (Å²) in [6.45, 7) is 0. The summed E-state index contributed by atoms with van der Waals surface area (Å²) in [5.41, 5.74) is 2.32. The number of Topliss-reactive ketones (excluding diaryl/α,β-unsaturated/α-hetero) is 1. The Morgan fingerprint density at radius 1 is 0.902 bits per heavy atom. The maximum absolute atomic E-state index is 13.8. The molecule has 200 valence electrons. The van der Waals surface area contributed by atoms with Crippen LogP contribution in [0, 0.1) is 0 Å². The highest BCUT2D eigenvalue weighted by atomic mass is 32.2. The van der Waals surface area contributed by atoms with Gasteiger partial charge >= 0.3 is 0 Å². The molecule has 9 heteroatoms. The number of para-hydroxylation sites is 1. The van der Waals surface area contributed by atoms with Gasteiger partial charge in [-0.2, -0.15) is 0 Å². The number of carbonyl (C=O) groups is 2. The van der Waals surface area contributed by atoms with Crippen LogP contribution < -0.4 is 4.90 Å². The van der Waals surface area contributed by atoms with Crippen molar-refractivity contribution in [3.63, 3.8) is 0 Å². The van der Waals surface area contributed by atoms with Gasteiger partial charge in [0.2, 0.25) is 10.9 Å². The Morgan fingerprint density at radius 3 is 2.46 bits per heavy atom. The largest absolute Gasteiger partial charge is 0.503 e. The standard InChI is InChI=1S/C32H21N3O4S2/c36-28(25-17-21-12-5-7-16-24(21)39-25)26-27(20-10-2-1-3-11-20)35(30(38)29(26)37)31-33-34-32(41-31)40-18-22-14-8-13-19-9-4-6-15-23(19)22/h1-17,27,37H,18H2.